The van der Waals surface area contributed by atoms with Gasteiger partial charge in [0.15, 0.2) is 5.43 Å². The van der Waals surface area contributed by atoms with Crippen LogP contribution < -0.4 is 16.5 Å². The Hall–Kier alpha value is -4.64. The monoisotopic (exact) mass is 445 g/mol. The van der Waals surface area contributed by atoms with E-state index in [4.69, 9.17) is 5.73 Å². The van der Waals surface area contributed by atoms with Gasteiger partial charge < -0.3 is 15.6 Å². The average Bonchev–Trinajstić information content (AvgIpc) is 2.88. The van der Waals surface area contributed by atoms with Crippen molar-refractivity contribution >= 4 is 45.2 Å². The standard InChI is InChI=1S/C29H23N3O2/c30-24-11-3-4-12-25(24)31-29(34)21-17-15-20(16-18-21)8-7-19-32-26-13-5-1-9-22(26)28(33)23-10-2-6-14-27(23)32/h1-18H,19,30H2,(H,31,34). The van der Waals surface area contributed by atoms with E-state index < -0.39 is 0 Å². The molecule has 4 aromatic carbocycles. The molecule has 0 radical (unpaired) electrons. The van der Waals surface area contributed by atoms with Gasteiger partial charge in [0, 0.05) is 22.9 Å². The second-order valence-corrected chi connectivity index (χ2v) is 8.04. The minimum absolute atomic E-state index is 0.0533. The first-order chi connectivity index (χ1) is 16.6. The van der Waals surface area contributed by atoms with Gasteiger partial charge in [-0.2, -0.15) is 0 Å². The van der Waals surface area contributed by atoms with E-state index in [1.807, 2.05) is 78.9 Å². The van der Waals surface area contributed by atoms with Gasteiger partial charge in [0.05, 0.1) is 22.4 Å². The Morgan fingerprint density at radius 1 is 0.794 bits per heavy atom. The second kappa shape index (κ2) is 9.08. The van der Waals surface area contributed by atoms with Crippen LogP contribution in [-0.4, -0.2) is 10.5 Å². The third-order valence-corrected chi connectivity index (χ3v) is 5.86. The Bertz CT molecular complexity index is 1540. The minimum Gasteiger partial charge on any atom is -0.397 e. The molecule has 5 nitrogen and oxygen atoms in total. The van der Waals surface area contributed by atoms with Crippen molar-refractivity contribution in [3.8, 4) is 0 Å². The molecule has 3 N–H and O–H groups in total. The summed E-state index contributed by atoms with van der Waals surface area (Å²) in [7, 11) is 0. The second-order valence-electron chi connectivity index (χ2n) is 8.04. The van der Waals surface area contributed by atoms with Crippen molar-refractivity contribution in [1.82, 2.24) is 4.57 Å². The number of amides is 1. The van der Waals surface area contributed by atoms with Crippen molar-refractivity contribution in [2.75, 3.05) is 11.1 Å². The zero-order valence-electron chi connectivity index (χ0n) is 18.4. The molecule has 1 amide bonds. The number of carbonyl (C=O) groups excluding carboxylic acids is 1. The van der Waals surface area contributed by atoms with Crippen molar-refractivity contribution in [2.45, 2.75) is 6.54 Å². The van der Waals surface area contributed by atoms with Gasteiger partial charge in [-0.25, -0.2) is 0 Å². The smallest absolute Gasteiger partial charge is 0.255 e. The summed E-state index contributed by atoms with van der Waals surface area (Å²) in [6.07, 6.45) is 4.07. The van der Waals surface area contributed by atoms with E-state index in [0.29, 0.717) is 34.3 Å². The van der Waals surface area contributed by atoms with E-state index in [9.17, 15) is 9.59 Å². The molecule has 0 fully saturated rings. The number of para-hydroxylation sites is 4. The molecule has 34 heavy (non-hydrogen) atoms. The number of nitrogen functional groups attached to an aromatic ring is 1. The number of allylic oxidation sites excluding steroid dienone is 1. The van der Waals surface area contributed by atoms with Crippen LogP contribution in [0.1, 0.15) is 15.9 Å². The summed E-state index contributed by atoms with van der Waals surface area (Å²) < 4.78 is 2.15. The van der Waals surface area contributed by atoms with E-state index in [0.717, 1.165) is 16.6 Å². The summed E-state index contributed by atoms with van der Waals surface area (Å²) in [5.74, 6) is -0.209. The quantitative estimate of drug-likeness (QED) is 0.269. The number of benzene rings is 4. The zero-order chi connectivity index (χ0) is 23.5. The van der Waals surface area contributed by atoms with E-state index in [1.165, 1.54) is 0 Å². The first-order valence-electron chi connectivity index (χ1n) is 11.0. The summed E-state index contributed by atoms with van der Waals surface area (Å²) in [4.78, 5) is 25.4. The Morgan fingerprint density at radius 2 is 1.38 bits per heavy atom. The molecule has 0 aliphatic rings. The maximum Gasteiger partial charge on any atom is 0.255 e. The lowest BCUT2D eigenvalue weighted by atomic mass is 10.1. The fraction of sp³-hybridized carbons (Fsp3) is 0.0345. The molecule has 0 aliphatic heterocycles. The first-order valence-corrected chi connectivity index (χ1v) is 11.0. The highest BCUT2D eigenvalue weighted by Gasteiger charge is 2.09. The number of anilines is 2. The van der Waals surface area contributed by atoms with Gasteiger partial charge in [0.2, 0.25) is 0 Å². The van der Waals surface area contributed by atoms with Gasteiger partial charge in [-0.05, 0) is 54.1 Å². The molecule has 0 spiro atoms. The van der Waals surface area contributed by atoms with Crippen LogP contribution in [-0.2, 0) is 6.54 Å². The molecule has 0 saturated heterocycles. The molecule has 0 unspecified atom stereocenters. The van der Waals surface area contributed by atoms with Crippen LogP contribution in [0, 0.1) is 0 Å². The van der Waals surface area contributed by atoms with Crippen LogP contribution in [0.25, 0.3) is 27.9 Å². The molecule has 5 heteroatoms. The normalized spacial score (nSPS) is 11.3. The molecule has 0 atom stereocenters. The van der Waals surface area contributed by atoms with Crippen LogP contribution in [0.5, 0.6) is 0 Å². The molecule has 5 rings (SSSR count). The molecule has 5 aromatic rings. The van der Waals surface area contributed by atoms with Crippen LogP contribution >= 0.6 is 0 Å². The summed E-state index contributed by atoms with van der Waals surface area (Å²) >= 11 is 0. The lowest BCUT2D eigenvalue weighted by Gasteiger charge is -2.13. The number of nitrogens with zero attached hydrogens (tertiary/aromatic N) is 1. The van der Waals surface area contributed by atoms with Crippen LogP contribution in [0.15, 0.2) is 108 Å². The Morgan fingerprint density at radius 3 is 2.03 bits per heavy atom. The Balaban J connectivity index is 1.37. The molecular weight excluding hydrogens is 422 g/mol. The maximum absolute atomic E-state index is 12.9. The van der Waals surface area contributed by atoms with Crippen molar-refractivity contribution < 1.29 is 4.79 Å². The highest BCUT2D eigenvalue weighted by atomic mass is 16.1. The molecule has 166 valence electrons. The van der Waals surface area contributed by atoms with Crippen molar-refractivity contribution in [2.24, 2.45) is 0 Å². The third-order valence-electron chi connectivity index (χ3n) is 5.86. The maximum atomic E-state index is 12.9. The number of hydrogen-bond acceptors (Lipinski definition) is 3. The highest BCUT2D eigenvalue weighted by Crippen LogP contribution is 2.20. The summed E-state index contributed by atoms with van der Waals surface area (Å²) in [6.45, 7) is 0.608. The molecule has 1 aromatic heterocycles. The van der Waals surface area contributed by atoms with Crippen molar-refractivity contribution in [3.63, 3.8) is 0 Å². The Labute approximate surface area is 196 Å². The van der Waals surface area contributed by atoms with Crippen LogP contribution in [0.4, 0.5) is 11.4 Å². The number of hydrogen-bond donors (Lipinski definition) is 2. The molecular formula is C29H23N3O2. The third kappa shape index (κ3) is 4.07. The fourth-order valence-electron chi connectivity index (χ4n) is 4.12. The number of nitrogens with two attached hydrogens (primary N) is 1. The number of nitrogens with one attached hydrogen (secondary N) is 1. The topological polar surface area (TPSA) is 77.1 Å². The lowest BCUT2D eigenvalue weighted by molar-refractivity contribution is 0.102. The predicted molar refractivity (Wildman–Crippen MR) is 140 cm³/mol. The van der Waals surface area contributed by atoms with E-state index in [2.05, 4.69) is 16.0 Å². The Kier molecular flexibility index (Phi) is 5.67. The fourth-order valence-corrected chi connectivity index (χ4v) is 4.12. The van der Waals surface area contributed by atoms with Crippen molar-refractivity contribution in [3.05, 3.63) is 124 Å². The van der Waals surface area contributed by atoms with Gasteiger partial charge in [0.25, 0.3) is 5.91 Å². The lowest BCUT2D eigenvalue weighted by Crippen LogP contribution is -2.13. The van der Waals surface area contributed by atoms with Gasteiger partial charge in [-0.15, -0.1) is 0 Å². The number of rotatable bonds is 5. The average molecular weight is 446 g/mol. The first kappa shape index (κ1) is 21.2. The van der Waals surface area contributed by atoms with Crippen LogP contribution in [0.3, 0.4) is 0 Å². The number of pyridine rings is 1. The summed E-state index contributed by atoms with van der Waals surface area (Å²) in [5.41, 5.74) is 10.4. The van der Waals surface area contributed by atoms with E-state index in [-0.39, 0.29) is 11.3 Å². The number of fused-ring (bicyclic) bond motifs is 2. The SMILES string of the molecule is Nc1ccccc1NC(=O)c1ccc(C=CCn2c3ccccc3c(=O)c3ccccc32)cc1. The van der Waals surface area contributed by atoms with Gasteiger partial charge in [-0.3, -0.25) is 9.59 Å². The molecule has 1 heterocycles. The van der Waals surface area contributed by atoms with Gasteiger partial charge in [0.1, 0.15) is 0 Å². The largest absolute Gasteiger partial charge is 0.397 e. The zero-order valence-corrected chi connectivity index (χ0v) is 18.4. The highest BCUT2D eigenvalue weighted by molar-refractivity contribution is 6.05. The molecule has 0 bridgehead atoms. The summed E-state index contributed by atoms with van der Waals surface area (Å²) in [5, 5.41) is 4.26. The number of aromatic nitrogens is 1. The molecule has 0 saturated carbocycles. The van der Waals surface area contributed by atoms with Gasteiger partial charge in [-0.1, -0.05) is 60.7 Å². The predicted octanol–water partition coefficient (Wildman–Crippen LogP) is 5.70. The van der Waals surface area contributed by atoms with Crippen LogP contribution in [0.2, 0.25) is 0 Å². The number of carbonyl (C=O) groups is 1. The van der Waals surface area contributed by atoms with Gasteiger partial charge >= 0.3 is 0 Å². The minimum atomic E-state index is -0.209. The van der Waals surface area contributed by atoms with Crippen molar-refractivity contribution in [1.29, 1.82) is 0 Å². The molecule has 0 aliphatic carbocycles. The van der Waals surface area contributed by atoms with E-state index in [1.54, 1.807) is 24.3 Å². The summed E-state index contributed by atoms with van der Waals surface area (Å²) in [6, 6.07) is 29.9. The van der Waals surface area contributed by atoms with E-state index >= 15 is 0 Å².